The molecule has 0 saturated carbocycles. The molecule has 0 aliphatic heterocycles. The lowest BCUT2D eigenvalue weighted by Gasteiger charge is -1.95. The molecule has 3 nitrogen and oxygen atoms in total. The SMILES string of the molecule is Oc1c(I)ccc2[nH]cnc12. The van der Waals surface area contributed by atoms with Gasteiger partial charge in [-0.2, -0.15) is 0 Å². The van der Waals surface area contributed by atoms with Crippen molar-refractivity contribution in [2.45, 2.75) is 0 Å². The fourth-order valence-electron chi connectivity index (χ4n) is 0.969. The Morgan fingerprint density at radius 2 is 2.27 bits per heavy atom. The Morgan fingerprint density at radius 3 is 3.09 bits per heavy atom. The summed E-state index contributed by atoms with van der Waals surface area (Å²) in [7, 11) is 0. The van der Waals surface area contributed by atoms with Gasteiger partial charge in [0.05, 0.1) is 15.4 Å². The number of benzene rings is 1. The van der Waals surface area contributed by atoms with Crippen LogP contribution in [0.1, 0.15) is 0 Å². The van der Waals surface area contributed by atoms with Gasteiger partial charge >= 0.3 is 0 Å². The van der Waals surface area contributed by atoms with Crippen molar-refractivity contribution in [1.82, 2.24) is 9.97 Å². The third-order valence-corrected chi connectivity index (χ3v) is 2.39. The molecule has 0 fully saturated rings. The van der Waals surface area contributed by atoms with E-state index >= 15 is 0 Å². The van der Waals surface area contributed by atoms with E-state index in [-0.39, 0.29) is 5.75 Å². The van der Waals surface area contributed by atoms with E-state index in [0.29, 0.717) is 5.52 Å². The number of nitrogens with one attached hydrogen (secondary N) is 1. The van der Waals surface area contributed by atoms with Crippen molar-refractivity contribution >= 4 is 33.6 Å². The molecule has 2 rings (SSSR count). The molecule has 1 aromatic heterocycles. The van der Waals surface area contributed by atoms with Crippen LogP contribution in [-0.2, 0) is 0 Å². The normalized spacial score (nSPS) is 10.6. The maximum atomic E-state index is 9.46. The number of nitrogens with zero attached hydrogens (tertiary/aromatic N) is 1. The summed E-state index contributed by atoms with van der Waals surface area (Å²) in [6, 6.07) is 3.74. The summed E-state index contributed by atoms with van der Waals surface area (Å²) in [5, 5.41) is 9.46. The number of rotatable bonds is 0. The summed E-state index contributed by atoms with van der Waals surface area (Å²) in [5.41, 5.74) is 1.50. The molecular weight excluding hydrogens is 255 g/mol. The molecule has 0 radical (unpaired) electrons. The number of H-pyrrole nitrogens is 1. The number of hydrogen-bond donors (Lipinski definition) is 2. The van der Waals surface area contributed by atoms with E-state index in [1.165, 1.54) is 0 Å². The van der Waals surface area contributed by atoms with E-state index in [9.17, 15) is 5.11 Å². The smallest absolute Gasteiger partial charge is 0.156 e. The number of phenolic OH excluding ortho intramolecular Hbond substituents is 1. The first-order chi connectivity index (χ1) is 5.29. The second-order valence-electron chi connectivity index (χ2n) is 2.19. The van der Waals surface area contributed by atoms with Gasteiger partial charge in [-0.05, 0) is 34.7 Å². The zero-order valence-corrected chi connectivity index (χ0v) is 7.66. The molecule has 4 heteroatoms. The minimum absolute atomic E-state index is 0.254. The van der Waals surface area contributed by atoms with Gasteiger partial charge in [0.2, 0.25) is 0 Å². The molecule has 56 valence electrons. The summed E-state index contributed by atoms with van der Waals surface area (Å²) in [6.07, 6.45) is 1.57. The van der Waals surface area contributed by atoms with Crippen LogP contribution in [-0.4, -0.2) is 15.1 Å². The molecule has 11 heavy (non-hydrogen) atoms. The quantitative estimate of drug-likeness (QED) is 0.710. The number of hydrogen-bond acceptors (Lipinski definition) is 2. The molecule has 0 saturated heterocycles. The number of halogens is 1. The first-order valence-corrected chi connectivity index (χ1v) is 4.17. The highest BCUT2D eigenvalue weighted by atomic mass is 127. The largest absolute Gasteiger partial charge is 0.505 e. The Bertz CT molecular complexity index is 396. The zero-order valence-electron chi connectivity index (χ0n) is 5.50. The van der Waals surface area contributed by atoms with Crippen LogP contribution >= 0.6 is 22.6 Å². The second-order valence-corrected chi connectivity index (χ2v) is 3.36. The Balaban J connectivity index is 2.93. The summed E-state index contributed by atoms with van der Waals surface area (Å²) in [4.78, 5) is 6.88. The van der Waals surface area contributed by atoms with Gasteiger partial charge in [0.15, 0.2) is 5.75 Å². The molecule has 2 aromatic rings. The van der Waals surface area contributed by atoms with E-state index in [2.05, 4.69) is 32.6 Å². The van der Waals surface area contributed by atoms with Crippen LogP contribution in [0.15, 0.2) is 18.5 Å². The van der Waals surface area contributed by atoms with Gasteiger partial charge in [0.25, 0.3) is 0 Å². The van der Waals surface area contributed by atoms with Crippen molar-refractivity contribution in [2.24, 2.45) is 0 Å². The third kappa shape index (κ3) is 0.973. The summed E-state index contributed by atoms with van der Waals surface area (Å²) < 4.78 is 0.821. The highest BCUT2D eigenvalue weighted by Crippen LogP contribution is 2.26. The number of phenols is 1. The predicted octanol–water partition coefficient (Wildman–Crippen LogP) is 1.87. The number of aromatic hydroxyl groups is 1. The summed E-state index contributed by atoms with van der Waals surface area (Å²) in [5.74, 6) is 0.254. The van der Waals surface area contributed by atoms with Gasteiger partial charge in [-0.3, -0.25) is 0 Å². The maximum absolute atomic E-state index is 9.46. The van der Waals surface area contributed by atoms with Crippen LogP contribution in [0.25, 0.3) is 11.0 Å². The Labute approximate surface area is 76.6 Å². The van der Waals surface area contributed by atoms with E-state index in [0.717, 1.165) is 9.09 Å². The van der Waals surface area contributed by atoms with E-state index in [4.69, 9.17) is 0 Å². The van der Waals surface area contributed by atoms with Crippen molar-refractivity contribution in [3.63, 3.8) is 0 Å². The lowest BCUT2D eigenvalue weighted by atomic mass is 10.3. The molecule has 0 spiro atoms. The highest BCUT2D eigenvalue weighted by molar-refractivity contribution is 14.1. The molecule has 0 aliphatic rings. The molecule has 0 atom stereocenters. The van der Waals surface area contributed by atoms with Gasteiger partial charge in [-0.25, -0.2) is 4.98 Å². The topological polar surface area (TPSA) is 48.9 Å². The minimum Gasteiger partial charge on any atom is -0.505 e. The van der Waals surface area contributed by atoms with Crippen molar-refractivity contribution in [3.05, 3.63) is 22.0 Å². The molecule has 0 aliphatic carbocycles. The maximum Gasteiger partial charge on any atom is 0.156 e. The third-order valence-electron chi connectivity index (χ3n) is 1.52. The predicted molar refractivity (Wildman–Crippen MR) is 50.5 cm³/mol. The molecule has 0 bridgehead atoms. The number of aromatic nitrogens is 2. The molecule has 2 N–H and O–H groups in total. The zero-order chi connectivity index (χ0) is 7.84. The van der Waals surface area contributed by atoms with Crippen LogP contribution < -0.4 is 0 Å². The van der Waals surface area contributed by atoms with Crippen LogP contribution in [0.2, 0.25) is 0 Å². The van der Waals surface area contributed by atoms with E-state index < -0.39 is 0 Å². The fraction of sp³-hybridized carbons (Fsp3) is 0. The number of imidazole rings is 1. The Kier molecular flexibility index (Phi) is 1.49. The van der Waals surface area contributed by atoms with Gasteiger partial charge in [-0.15, -0.1) is 0 Å². The molecule has 0 amide bonds. The van der Waals surface area contributed by atoms with Gasteiger partial charge in [0.1, 0.15) is 5.52 Å². The summed E-state index contributed by atoms with van der Waals surface area (Å²) in [6.45, 7) is 0. The lowest BCUT2D eigenvalue weighted by molar-refractivity contribution is 0.477. The monoisotopic (exact) mass is 260 g/mol. The molecule has 0 unspecified atom stereocenters. The molecular formula is C7H5IN2O. The van der Waals surface area contributed by atoms with Gasteiger partial charge < -0.3 is 10.1 Å². The van der Waals surface area contributed by atoms with Gasteiger partial charge in [0, 0.05) is 0 Å². The fourth-order valence-corrected chi connectivity index (χ4v) is 1.40. The van der Waals surface area contributed by atoms with Crippen LogP contribution in [0, 0.1) is 3.57 Å². The van der Waals surface area contributed by atoms with E-state index in [1.54, 1.807) is 6.33 Å². The average molecular weight is 260 g/mol. The molecule has 1 aromatic carbocycles. The van der Waals surface area contributed by atoms with Crippen molar-refractivity contribution in [1.29, 1.82) is 0 Å². The van der Waals surface area contributed by atoms with Crippen LogP contribution in [0.5, 0.6) is 5.75 Å². The van der Waals surface area contributed by atoms with E-state index in [1.807, 2.05) is 12.1 Å². The van der Waals surface area contributed by atoms with Gasteiger partial charge in [-0.1, -0.05) is 0 Å². The summed E-state index contributed by atoms with van der Waals surface area (Å²) >= 11 is 2.07. The molecule has 1 heterocycles. The number of aromatic amines is 1. The standard InChI is InChI=1S/C7H5IN2O/c8-4-1-2-5-6(7(4)11)10-3-9-5/h1-3,11H,(H,9,10). The number of fused-ring (bicyclic) bond motifs is 1. The average Bonchev–Trinajstić information content (AvgIpc) is 2.45. The van der Waals surface area contributed by atoms with Crippen molar-refractivity contribution in [2.75, 3.05) is 0 Å². The Hall–Kier alpha value is -0.780. The highest BCUT2D eigenvalue weighted by Gasteiger charge is 2.04. The second kappa shape index (κ2) is 2.37. The lowest BCUT2D eigenvalue weighted by Crippen LogP contribution is -1.75. The van der Waals surface area contributed by atoms with Crippen LogP contribution in [0.3, 0.4) is 0 Å². The minimum atomic E-state index is 0.254. The first kappa shape index (κ1) is 6.90. The Morgan fingerprint density at radius 1 is 1.45 bits per heavy atom. The van der Waals surface area contributed by atoms with Crippen molar-refractivity contribution in [3.8, 4) is 5.75 Å². The first-order valence-electron chi connectivity index (χ1n) is 3.09. The van der Waals surface area contributed by atoms with Crippen molar-refractivity contribution < 1.29 is 5.11 Å². The van der Waals surface area contributed by atoms with Crippen LogP contribution in [0.4, 0.5) is 0 Å².